The topological polar surface area (TPSA) is 539 Å². The van der Waals surface area contributed by atoms with Gasteiger partial charge in [-0.3, -0.25) is 67.7 Å². The molecule has 0 radical (unpaired) electrons. The van der Waals surface area contributed by atoms with Gasteiger partial charge in [0.15, 0.2) is 17.9 Å². The molecule has 90 heavy (non-hydrogen) atoms. The van der Waals surface area contributed by atoms with Crippen LogP contribution in [0.25, 0.3) is 0 Å². The maximum absolute atomic E-state index is 14.8. The van der Waals surface area contributed by atoms with E-state index in [4.69, 9.17) is 40.1 Å². The summed E-state index contributed by atoms with van der Waals surface area (Å²) in [6, 6.07) is -5.60. The molecule has 0 bridgehead atoms. The largest absolute Gasteiger partial charge is 0.508 e. The second-order valence-corrected chi connectivity index (χ2v) is 25.4. The molecule has 35 heteroatoms. The number of hydrogen-bond acceptors (Lipinski definition) is 18. The Labute approximate surface area is 535 Å². The van der Waals surface area contributed by atoms with Gasteiger partial charge in [-0.15, -0.1) is 0 Å². The highest BCUT2D eigenvalue weighted by Crippen LogP contribution is 2.25. The van der Waals surface area contributed by atoms with Gasteiger partial charge in [0.05, 0.1) is 0 Å². The molecule has 32 nitrogen and oxygen atoms in total. The van der Waals surface area contributed by atoms with Crippen LogP contribution in [-0.4, -0.2) is 203 Å². The van der Waals surface area contributed by atoms with Gasteiger partial charge in [0.25, 0.3) is 0 Å². The monoisotopic (exact) mass is 1320 g/mol. The Morgan fingerprint density at radius 2 is 1.26 bits per heavy atom. The molecule has 2 saturated heterocycles. The lowest BCUT2D eigenvalue weighted by molar-refractivity contribution is -0.142. The van der Waals surface area contributed by atoms with Crippen molar-refractivity contribution in [2.45, 2.75) is 159 Å². The average molecular weight is 1320 g/mol. The fourth-order valence-electron chi connectivity index (χ4n) is 9.39. The molecule has 8 unspecified atom stereocenters. The number of fused-ring (bicyclic) bond motifs is 1. The highest BCUT2D eigenvalue weighted by molar-refractivity contribution is 8.76. The third kappa shape index (κ3) is 28.7. The first-order valence-corrected chi connectivity index (χ1v) is 33.5. The number of nitrogens with two attached hydrogens (primary N) is 7. The summed E-state index contributed by atoms with van der Waals surface area (Å²) in [6.45, 7) is 4.89. The van der Waals surface area contributed by atoms with E-state index >= 15 is 0 Å². The van der Waals surface area contributed by atoms with Gasteiger partial charge >= 0.3 is 0 Å². The number of benzene rings is 1. The van der Waals surface area contributed by atoms with Crippen LogP contribution in [0.15, 0.2) is 39.2 Å². The molecule has 11 amide bonds. The van der Waals surface area contributed by atoms with Crippen LogP contribution < -0.4 is 88.0 Å². The van der Waals surface area contributed by atoms with Crippen molar-refractivity contribution in [1.29, 1.82) is 0 Å². The minimum Gasteiger partial charge on any atom is -0.508 e. The second-order valence-electron chi connectivity index (χ2n) is 21.8. The van der Waals surface area contributed by atoms with Gasteiger partial charge in [-0.05, 0) is 106 Å². The number of carbonyl (C=O) groups excluding carboxylic acids is 11. The van der Waals surface area contributed by atoms with Crippen molar-refractivity contribution in [3.05, 3.63) is 29.8 Å². The molecular formula is C55H92N20O12S3. The van der Waals surface area contributed by atoms with Crippen LogP contribution in [0.2, 0.25) is 0 Å². The third-order valence-electron chi connectivity index (χ3n) is 14.1. The summed E-state index contributed by atoms with van der Waals surface area (Å²) in [7, 11) is 2.03. The number of guanidine groups is 3. The first kappa shape index (κ1) is 76.3. The first-order chi connectivity index (χ1) is 42.7. The number of aliphatic imine (C=N–C) groups is 3. The maximum atomic E-state index is 14.8. The Bertz CT molecular complexity index is 2680. The molecule has 2 heterocycles. The third-order valence-corrected chi connectivity index (χ3v) is 17.2. The van der Waals surface area contributed by atoms with Gasteiger partial charge in [-0.2, -0.15) is 11.8 Å². The SMILES string of the molecule is CSCCC1NC(=O)[C@H](NC(=O)C(CCCN=C(N)N)NC(C)=O)CSSCC(C(N)=O)NC(=O)C2CCCN2C(=O)C(CCCN=C(N)N)NC(=O)C(Cc2ccc(O)cc2)NC(=O)C(C(C)C)NC(=O)C(CCCN=C(N)N)NC(=O)CCCCNC1=O. The van der Waals surface area contributed by atoms with E-state index in [0.29, 0.717) is 17.7 Å². The number of hydrogen-bond donors (Lipinski definition) is 17. The molecule has 2 aliphatic heterocycles. The van der Waals surface area contributed by atoms with Crippen LogP contribution >= 0.6 is 33.3 Å². The van der Waals surface area contributed by atoms with Crippen LogP contribution in [0, 0.1) is 5.92 Å². The second kappa shape index (κ2) is 40.6. The van der Waals surface area contributed by atoms with Crippen molar-refractivity contribution >= 4 is 116 Å². The fourth-order valence-corrected chi connectivity index (χ4v) is 12.2. The molecule has 0 aliphatic carbocycles. The van der Waals surface area contributed by atoms with E-state index in [1.54, 1.807) is 13.8 Å². The molecule has 0 aromatic heterocycles. The Kier molecular flexibility index (Phi) is 34.5. The zero-order valence-corrected chi connectivity index (χ0v) is 53.9. The zero-order valence-electron chi connectivity index (χ0n) is 51.4. The van der Waals surface area contributed by atoms with Crippen LogP contribution in [0.4, 0.5) is 0 Å². The van der Waals surface area contributed by atoms with E-state index in [9.17, 15) is 57.8 Å². The van der Waals surface area contributed by atoms with E-state index < -0.39 is 125 Å². The molecule has 1 aromatic carbocycles. The van der Waals surface area contributed by atoms with E-state index in [1.165, 1.54) is 47.9 Å². The summed E-state index contributed by atoms with van der Waals surface area (Å²) < 4.78 is 0. The highest BCUT2D eigenvalue weighted by Gasteiger charge is 2.40. The van der Waals surface area contributed by atoms with Crippen molar-refractivity contribution in [2.75, 3.05) is 56.2 Å². The van der Waals surface area contributed by atoms with Gasteiger partial charge in [0.2, 0.25) is 65.0 Å². The van der Waals surface area contributed by atoms with E-state index in [2.05, 4.69) is 62.8 Å². The number of primary amides is 1. The summed E-state index contributed by atoms with van der Waals surface area (Å²) in [6.07, 6.45) is 3.31. The van der Waals surface area contributed by atoms with Crippen LogP contribution in [0.5, 0.6) is 5.75 Å². The summed E-state index contributed by atoms with van der Waals surface area (Å²) >= 11 is 1.41. The number of aromatic hydroxyl groups is 1. The molecule has 24 N–H and O–H groups in total. The van der Waals surface area contributed by atoms with E-state index in [0.717, 1.165) is 21.6 Å². The van der Waals surface area contributed by atoms with Crippen LogP contribution in [0.1, 0.15) is 103 Å². The van der Waals surface area contributed by atoms with E-state index in [1.807, 2.05) is 6.26 Å². The van der Waals surface area contributed by atoms with Crippen LogP contribution in [0.3, 0.4) is 0 Å². The minimum absolute atomic E-state index is 0.0222. The molecule has 1 aromatic rings. The number of thioether (sulfide) groups is 1. The van der Waals surface area contributed by atoms with Crippen LogP contribution in [-0.2, 0) is 59.2 Å². The minimum atomic E-state index is -1.43. The molecule has 2 fully saturated rings. The average Bonchev–Trinajstić information content (AvgIpc) is 3.62. The molecule has 0 spiro atoms. The van der Waals surface area contributed by atoms with Gasteiger partial charge in [-0.1, -0.05) is 47.6 Å². The number of nitrogens with one attached hydrogen (secondary N) is 9. The normalized spacial score (nSPS) is 23.0. The fraction of sp³-hybridized carbons (Fsp3) is 0.636. The standard InChI is InChI=1S/C55H92N20O12S3/c1-30(2)43-51(86)71-38(27-32-16-18-33(77)19-17-32)48(83)70-37(13-9-24-66-55(61)62)52(87)75-25-10-14-41(75)50(85)72-39(44(56)79)28-89-90-29-40(73-46(81)34(67-31(3)76)11-7-22-64-53(57)58)49(84)69-36(20-26-88-4)45(80)63-21-6-5-15-42(78)68-35(47(82)74-43)12-8-23-65-54(59)60/h16-19,30,34-41,43,77H,5-15,20-29H2,1-4H3,(H2,56,79)(H,63,80)(H,67,76)(H,68,78)(H,69,84)(H,70,83)(H,71,86)(H,72,85)(H,73,81)(H,74,82)(H4,57,58,64)(H4,59,60,65)(H4,61,62,66)/t34?,35?,36?,37?,38?,39?,40-,41?,43?/m1/s1. The van der Waals surface area contributed by atoms with Gasteiger partial charge < -0.3 is 98.0 Å². The summed E-state index contributed by atoms with van der Waals surface area (Å²) in [5.74, 6) is -9.15. The predicted molar refractivity (Wildman–Crippen MR) is 346 cm³/mol. The van der Waals surface area contributed by atoms with Crippen molar-refractivity contribution in [3.63, 3.8) is 0 Å². The number of phenolic OH excluding ortho intramolecular Hbond substituents is 1. The molecule has 3 rings (SSSR count). The predicted octanol–water partition coefficient (Wildman–Crippen LogP) is -4.44. The van der Waals surface area contributed by atoms with Crippen molar-refractivity contribution in [2.24, 2.45) is 61.0 Å². The highest BCUT2D eigenvalue weighted by atomic mass is 33.1. The number of amides is 11. The van der Waals surface area contributed by atoms with Gasteiger partial charge in [0.1, 0.15) is 60.1 Å². The molecule has 502 valence electrons. The van der Waals surface area contributed by atoms with Crippen molar-refractivity contribution in [3.8, 4) is 5.75 Å². The maximum Gasteiger partial charge on any atom is 0.245 e. The Hall–Kier alpha value is -7.95. The number of nitrogens with zero attached hydrogens (tertiary/aromatic N) is 4. The molecule has 9 atom stereocenters. The number of carbonyl (C=O) groups is 11. The smallest absolute Gasteiger partial charge is 0.245 e. The van der Waals surface area contributed by atoms with Gasteiger partial charge in [-0.25, -0.2) is 0 Å². The first-order valence-electron chi connectivity index (χ1n) is 29.6. The quantitative estimate of drug-likeness (QED) is 0.0225. The van der Waals surface area contributed by atoms with Crippen molar-refractivity contribution < 1.29 is 57.8 Å². The molecule has 0 saturated carbocycles. The number of rotatable bonds is 22. The Morgan fingerprint density at radius 1 is 0.678 bits per heavy atom. The lowest BCUT2D eigenvalue weighted by Crippen LogP contribution is -2.60. The molecule has 2 aliphatic rings. The number of phenols is 1. The summed E-state index contributed by atoms with van der Waals surface area (Å²) in [5.41, 5.74) is 39.5. The lowest BCUT2D eigenvalue weighted by Gasteiger charge is -2.31. The Balaban J connectivity index is 2.12. The lowest BCUT2D eigenvalue weighted by atomic mass is 9.99. The van der Waals surface area contributed by atoms with Crippen molar-refractivity contribution in [1.82, 2.24) is 52.8 Å². The summed E-state index contributed by atoms with van der Waals surface area (Å²) in [4.78, 5) is 167. The summed E-state index contributed by atoms with van der Waals surface area (Å²) in [5, 5.41) is 34.5. The van der Waals surface area contributed by atoms with E-state index in [-0.39, 0.29) is 145 Å². The van der Waals surface area contributed by atoms with Gasteiger partial charge in [0, 0.05) is 64.0 Å². The molecular weight excluding hydrogens is 1230 g/mol. The zero-order chi connectivity index (χ0) is 66.9. The Morgan fingerprint density at radius 3 is 1.86 bits per heavy atom.